The maximum Gasteiger partial charge on any atom is 0.225 e. The number of aliphatic hydroxyl groups is 1. The Balaban J connectivity index is 1.74. The van der Waals surface area contributed by atoms with Crippen LogP contribution < -0.4 is 5.32 Å². The van der Waals surface area contributed by atoms with E-state index in [2.05, 4.69) is 20.4 Å². The van der Waals surface area contributed by atoms with Gasteiger partial charge in [-0.2, -0.15) is 10.1 Å². The van der Waals surface area contributed by atoms with Gasteiger partial charge in [-0.15, -0.1) is 0 Å². The number of anilines is 1. The van der Waals surface area contributed by atoms with Crippen molar-refractivity contribution < 1.29 is 17.9 Å². The molecule has 0 unspecified atom stereocenters. The van der Waals surface area contributed by atoms with Crippen molar-refractivity contribution in [2.24, 2.45) is 0 Å². The van der Waals surface area contributed by atoms with Gasteiger partial charge in [0, 0.05) is 30.9 Å². The summed E-state index contributed by atoms with van der Waals surface area (Å²) in [6, 6.07) is -0.00845. The molecule has 2 aromatic heterocycles. The molecule has 27 heavy (non-hydrogen) atoms. The number of aromatic nitrogens is 4. The highest BCUT2D eigenvalue weighted by Crippen LogP contribution is 2.21. The van der Waals surface area contributed by atoms with Crippen molar-refractivity contribution in [3.8, 4) is 5.82 Å². The molecule has 3 heterocycles. The molecular weight excluding hydrogens is 375 g/mol. The number of halogens is 1. The Kier molecular flexibility index (Phi) is 5.19. The molecular formula is C16H23FN6O3S. The molecule has 1 fully saturated rings. The van der Waals surface area contributed by atoms with Gasteiger partial charge in [-0.1, -0.05) is 0 Å². The lowest BCUT2D eigenvalue weighted by Gasteiger charge is -2.30. The Bertz CT molecular complexity index is 916. The van der Waals surface area contributed by atoms with E-state index in [-0.39, 0.29) is 17.8 Å². The lowest BCUT2D eigenvalue weighted by Crippen LogP contribution is -2.42. The predicted octanol–water partition coefficient (Wildman–Crippen LogP) is 0.865. The number of piperidine rings is 1. The minimum atomic E-state index is -3.19. The van der Waals surface area contributed by atoms with Gasteiger partial charge in [-0.05, 0) is 26.7 Å². The van der Waals surface area contributed by atoms with Crippen molar-refractivity contribution in [2.75, 3.05) is 24.7 Å². The summed E-state index contributed by atoms with van der Waals surface area (Å²) in [6.07, 6.45) is 6.43. The highest BCUT2D eigenvalue weighted by Gasteiger charge is 2.25. The van der Waals surface area contributed by atoms with E-state index in [1.807, 2.05) is 0 Å². The predicted molar refractivity (Wildman–Crippen MR) is 97.4 cm³/mol. The zero-order chi connectivity index (χ0) is 19.8. The Morgan fingerprint density at radius 2 is 1.96 bits per heavy atom. The normalized spacial score (nSPS) is 17.2. The van der Waals surface area contributed by atoms with E-state index >= 15 is 0 Å². The molecule has 0 amide bonds. The number of hydrogen-bond acceptors (Lipinski definition) is 7. The van der Waals surface area contributed by atoms with Gasteiger partial charge in [0.05, 0.1) is 24.3 Å². The molecule has 9 nitrogen and oxygen atoms in total. The molecule has 1 saturated heterocycles. The van der Waals surface area contributed by atoms with Gasteiger partial charge in [0.15, 0.2) is 11.6 Å². The molecule has 0 bridgehead atoms. The molecule has 1 aliphatic rings. The summed E-state index contributed by atoms with van der Waals surface area (Å²) in [5.41, 5.74) is -0.570. The second-order valence-corrected chi connectivity index (χ2v) is 9.16. The fraction of sp³-hybridized carbons (Fsp3) is 0.562. The second-order valence-electron chi connectivity index (χ2n) is 7.18. The lowest BCUT2D eigenvalue weighted by atomic mass is 10.0. The maximum absolute atomic E-state index is 14.2. The van der Waals surface area contributed by atoms with Gasteiger partial charge in [-0.3, -0.25) is 0 Å². The van der Waals surface area contributed by atoms with Crippen LogP contribution in [-0.4, -0.2) is 63.0 Å². The minimum absolute atomic E-state index is 0.00845. The fourth-order valence-electron chi connectivity index (χ4n) is 2.86. The monoisotopic (exact) mass is 398 g/mol. The summed E-state index contributed by atoms with van der Waals surface area (Å²) in [5.74, 6) is -0.432. The first-order valence-corrected chi connectivity index (χ1v) is 10.4. The number of nitrogens with zero attached hydrogens (tertiary/aromatic N) is 5. The van der Waals surface area contributed by atoms with Gasteiger partial charge in [-0.25, -0.2) is 26.8 Å². The first-order valence-electron chi connectivity index (χ1n) is 8.56. The molecule has 0 aliphatic carbocycles. The van der Waals surface area contributed by atoms with E-state index in [1.54, 1.807) is 13.8 Å². The van der Waals surface area contributed by atoms with Gasteiger partial charge < -0.3 is 10.4 Å². The Morgan fingerprint density at radius 1 is 1.30 bits per heavy atom. The summed E-state index contributed by atoms with van der Waals surface area (Å²) in [6.45, 7) is 4.05. The lowest BCUT2D eigenvalue weighted by molar-refractivity contribution is 0.0785. The molecule has 0 atom stereocenters. The van der Waals surface area contributed by atoms with Gasteiger partial charge in [0.2, 0.25) is 16.0 Å². The van der Waals surface area contributed by atoms with E-state index in [4.69, 9.17) is 0 Å². The van der Waals surface area contributed by atoms with Crippen LogP contribution in [0.1, 0.15) is 32.3 Å². The van der Waals surface area contributed by atoms with Crippen molar-refractivity contribution >= 4 is 16.0 Å². The third-order valence-corrected chi connectivity index (χ3v) is 5.79. The third-order valence-electron chi connectivity index (χ3n) is 4.49. The molecule has 2 N–H and O–H groups in total. The van der Waals surface area contributed by atoms with Crippen LogP contribution in [0.25, 0.3) is 5.82 Å². The standard InChI is InChI=1S/C16H23FN6O3S/c1-16(2,24)11-8-19-23(10-11)14-13(17)9-18-15(21-14)20-12-4-6-22(7-5-12)27(3,25)26/h8-10,12,24H,4-7H2,1-3H3,(H,18,20,21). The molecule has 148 valence electrons. The van der Waals surface area contributed by atoms with Crippen molar-refractivity contribution in [1.29, 1.82) is 0 Å². The van der Waals surface area contributed by atoms with Crippen molar-refractivity contribution in [3.63, 3.8) is 0 Å². The van der Waals surface area contributed by atoms with E-state index in [1.165, 1.54) is 27.6 Å². The molecule has 0 spiro atoms. The molecule has 1 aliphatic heterocycles. The van der Waals surface area contributed by atoms with Gasteiger partial charge in [0.25, 0.3) is 0 Å². The number of sulfonamides is 1. The zero-order valence-electron chi connectivity index (χ0n) is 15.4. The van der Waals surface area contributed by atoms with Crippen molar-refractivity contribution in [1.82, 2.24) is 24.1 Å². The summed E-state index contributed by atoms with van der Waals surface area (Å²) < 4.78 is 40.0. The number of hydrogen-bond donors (Lipinski definition) is 2. The number of nitrogens with one attached hydrogen (secondary N) is 1. The molecule has 0 saturated carbocycles. The molecule has 0 radical (unpaired) electrons. The van der Waals surface area contributed by atoms with Crippen LogP contribution in [-0.2, 0) is 15.6 Å². The third kappa shape index (κ3) is 4.60. The van der Waals surface area contributed by atoms with E-state index in [0.717, 1.165) is 6.20 Å². The molecule has 0 aromatic carbocycles. The van der Waals surface area contributed by atoms with Crippen LogP contribution in [0.2, 0.25) is 0 Å². The largest absolute Gasteiger partial charge is 0.386 e. The second kappa shape index (κ2) is 7.13. The first-order chi connectivity index (χ1) is 12.5. The van der Waals surface area contributed by atoms with Crippen LogP contribution in [0.4, 0.5) is 10.3 Å². The highest BCUT2D eigenvalue weighted by molar-refractivity contribution is 7.88. The highest BCUT2D eigenvalue weighted by atomic mass is 32.2. The van der Waals surface area contributed by atoms with Crippen molar-refractivity contribution in [3.05, 3.63) is 30.0 Å². The Labute approximate surface area is 157 Å². The summed E-state index contributed by atoms with van der Waals surface area (Å²) in [7, 11) is -3.19. The SMILES string of the molecule is CC(C)(O)c1cnn(-c2nc(NC3CCN(S(C)(=O)=O)CC3)ncc2F)c1. The van der Waals surface area contributed by atoms with Crippen LogP contribution in [0, 0.1) is 5.82 Å². The first kappa shape index (κ1) is 19.6. The maximum atomic E-state index is 14.2. The van der Waals surface area contributed by atoms with Gasteiger partial charge in [0.1, 0.15) is 0 Å². The topological polar surface area (TPSA) is 113 Å². The van der Waals surface area contributed by atoms with Crippen LogP contribution in [0.3, 0.4) is 0 Å². The smallest absolute Gasteiger partial charge is 0.225 e. The average molecular weight is 398 g/mol. The van der Waals surface area contributed by atoms with Gasteiger partial charge >= 0.3 is 0 Å². The Hall–Kier alpha value is -2.11. The molecule has 2 aromatic rings. The summed E-state index contributed by atoms with van der Waals surface area (Å²) >= 11 is 0. The van der Waals surface area contributed by atoms with Crippen LogP contribution in [0.15, 0.2) is 18.6 Å². The zero-order valence-corrected chi connectivity index (χ0v) is 16.2. The summed E-state index contributed by atoms with van der Waals surface area (Å²) in [4.78, 5) is 8.15. The minimum Gasteiger partial charge on any atom is -0.386 e. The van der Waals surface area contributed by atoms with E-state index in [9.17, 15) is 17.9 Å². The quantitative estimate of drug-likeness (QED) is 0.768. The molecule has 11 heteroatoms. The molecule has 3 rings (SSSR count). The van der Waals surface area contributed by atoms with E-state index < -0.39 is 21.4 Å². The number of rotatable bonds is 5. The van der Waals surface area contributed by atoms with Crippen LogP contribution >= 0.6 is 0 Å². The van der Waals surface area contributed by atoms with Crippen molar-refractivity contribution in [2.45, 2.75) is 38.3 Å². The van der Waals surface area contributed by atoms with E-state index in [0.29, 0.717) is 31.5 Å². The summed E-state index contributed by atoms with van der Waals surface area (Å²) in [5, 5.41) is 17.2. The average Bonchev–Trinajstić information content (AvgIpc) is 3.06. The van der Waals surface area contributed by atoms with Crippen LogP contribution in [0.5, 0.6) is 0 Å². The fourth-order valence-corrected chi connectivity index (χ4v) is 3.73. The Morgan fingerprint density at radius 3 is 2.52 bits per heavy atom.